The Morgan fingerprint density at radius 3 is 0.767 bits per heavy atom. The molecule has 0 saturated carbocycles. The molecule has 0 aromatic heterocycles. The van der Waals surface area contributed by atoms with Crippen molar-refractivity contribution in [2.75, 3.05) is 6.61 Å². The summed E-state index contributed by atoms with van der Waals surface area (Å²) < 4.78 is 4.18. The van der Waals surface area contributed by atoms with Crippen molar-refractivity contribution in [1.29, 1.82) is 0 Å². The molecule has 0 bridgehead atoms. The highest BCUT2D eigenvalue weighted by Gasteiger charge is 1.91. The minimum absolute atomic E-state index is 0.176. The van der Waals surface area contributed by atoms with E-state index in [4.69, 9.17) is 20.4 Å². The van der Waals surface area contributed by atoms with Crippen molar-refractivity contribution in [1.82, 2.24) is 0 Å². The smallest absolute Gasteiger partial charge is 0.404 e. The summed E-state index contributed by atoms with van der Waals surface area (Å²) in [6.07, 6.45) is -0.711. The zero-order chi connectivity index (χ0) is 25.6. The predicted molar refractivity (Wildman–Crippen MR) is 111 cm³/mol. The fourth-order valence-corrected chi connectivity index (χ4v) is 0.142. The summed E-state index contributed by atoms with van der Waals surface area (Å²) in [7, 11) is 0. The van der Waals surface area contributed by atoms with Gasteiger partial charge in [0.1, 0.15) is 0 Å². The number of carboxylic acid groups (broad SMARTS) is 4. The summed E-state index contributed by atoms with van der Waals surface area (Å²) in [6, 6.07) is 0. The minimum Gasteiger partial charge on any atom is -0.478 e. The maximum Gasteiger partial charge on any atom is 0.404 e. The van der Waals surface area contributed by atoms with E-state index in [0.717, 1.165) is 0 Å². The number of carbonyl (C=O) groups is 5. The lowest BCUT2D eigenvalue weighted by atomic mass is 10.4. The highest BCUT2D eigenvalue weighted by molar-refractivity contribution is 5.85. The van der Waals surface area contributed by atoms with E-state index in [1.807, 2.05) is 0 Å². The molecule has 1 amide bonds. The van der Waals surface area contributed by atoms with Gasteiger partial charge in [-0.05, 0) is 34.6 Å². The number of nitrogens with two attached hydrogens (primary N) is 1. The molecule has 30 heavy (non-hydrogen) atoms. The van der Waals surface area contributed by atoms with Crippen LogP contribution in [-0.4, -0.2) is 57.0 Å². The SMILES string of the molecule is C=C(C)C(=O)O.C=C(C)C(=O)O.C=C(C)C(=O)O.C=C(C)C(=O)O.CCOC(N)=O. The number of amides is 1. The first-order chi connectivity index (χ1) is 13.3. The quantitative estimate of drug-likeness (QED) is 0.401. The van der Waals surface area contributed by atoms with E-state index in [1.54, 1.807) is 6.92 Å². The lowest BCUT2D eigenvalue weighted by molar-refractivity contribution is -0.133. The molecule has 0 aliphatic heterocycles. The normalized spacial score (nSPS) is 7.50. The van der Waals surface area contributed by atoms with Crippen LogP contribution in [0.15, 0.2) is 48.6 Å². The van der Waals surface area contributed by atoms with Gasteiger partial charge in [-0.15, -0.1) is 0 Å². The highest BCUT2D eigenvalue weighted by Crippen LogP contribution is 1.82. The van der Waals surface area contributed by atoms with Crippen LogP contribution in [0.2, 0.25) is 0 Å². The molecular formula is C19H31NO10. The average Bonchev–Trinajstić information content (AvgIpc) is 2.56. The number of carbonyl (C=O) groups excluding carboxylic acids is 1. The molecule has 0 saturated heterocycles. The molecule has 0 rings (SSSR count). The fourth-order valence-electron chi connectivity index (χ4n) is 0.142. The highest BCUT2D eigenvalue weighted by atomic mass is 16.5. The maximum absolute atomic E-state index is 9.60. The zero-order valence-electron chi connectivity index (χ0n) is 17.9. The maximum atomic E-state index is 9.60. The van der Waals surface area contributed by atoms with Gasteiger partial charge in [0.15, 0.2) is 0 Å². The molecule has 0 unspecified atom stereocenters. The van der Waals surface area contributed by atoms with Crippen LogP contribution in [0.5, 0.6) is 0 Å². The van der Waals surface area contributed by atoms with Gasteiger partial charge >= 0.3 is 30.0 Å². The van der Waals surface area contributed by atoms with Gasteiger partial charge in [0.05, 0.1) is 6.61 Å². The van der Waals surface area contributed by atoms with Crippen LogP contribution in [-0.2, 0) is 23.9 Å². The van der Waals surface area contributed by atoms with E-state index in [-0.39, 0.29) is 22.3 Å². The Bertz CT molecular complexity index is 504. The van der Waals surface area contributed by atoms with E-state index in [1.165, 1.54) is 27.7 Å². The Morgan fingerprint density at radius 1 is 0.633 bits per heavy atom. The van der Waals surface area contributed by atoms with Gasteiger partial charge in [-0.1, -0.05) is 26.3 Å². The van der Waals surface area contributed by atoms with Crippen LogP contribution >= 0.6 is 0 Å². The molecule has 0 fully saturated rings. The predicted octanol–water partition coefficient (Wildman–Crippen LogP) is 2.69. The van der Waals surface area contributed by atoms with Crippen molar-refractivity contribution in [2.24, 2.45) is 5.73 Å². The second kappa shape index (κ2) is 23.1. The Morgan fingerprint density at radius 2 is 0.767 bits per heavy atom. The number of hydrogen-bond acceptors (Lipinski definition) is 6. The number of primary amides is 1. The van der Waals surface area contributed by atoms with Crippen LogP contribution in [0.3, 0.4) is 0 Å². The molecule has 0 aliphatic carbocycles. The van der Waals surface area contributed by atoms with Gasteiger partial charge in [0.2, 0.25) is 0 Å². The molecule has 0 aromatic rings. The Kier molecular flexibility index (Phi) is 28.5. The van der Waals surface area contributed by atoms with Crippen molar-refractivity contribution in [3.05, 3.63) is 48.6 Å². The first-order valence-corrected chi connectivity index (χ1v) is 7.82. The summed E-state index contributed by atoms with van der Waals surface area (Å²) in [5, 5.41) is 31.6. The van der Waals surface area contributed by atoms with E-state index in [0.29, 0.717) is 6.61 Å². The third-order valence-electron chi connectivity index (χ3n) is 1.75. The van der Waals surface area contributed by atoms with Gasteiger partial charge in [0, 0.05) is 22.3 Å². The van der Waals surface area contributed by atoms with Gasteiger partial charge in [0.25, 0.3) is 0 Å². The molecule has 172 valence electrons. The van der Waals surface area contributed by atoms with Crippen LogP contribution in [0, 0.1) is 0 Å². The number of hydrogen-bond donors (Lipinski definition) is 5. The van der Waals surface area contributed by atoms with Gasteiger partial charge in [-0.2, -0.15) is 0 Å². The number of aliphatic carboxylic acids is 4. The Hall–Kier alpha value is -3.89. The molecule has 0 radical (unpaired) electrons. The molecule has 0 atom stereocenters. The largest absolute Gasteiger partial charge is 0.478 e. The summed E-state index contributed by atoms with van der Waals surface area (Å²) in [4.78, 5) is 48.0. The third-order valence-corrected chi connectivity index (χ3v) is 1.75. The number of rotatable bonds is 5. The number of ether oxygens (including phenoxy) is 1. The van der Waals surface area contributed by atoms with Crippen molar-refractivity contribution >= 4 is 30.0 Å². The lowest BCUT2D eigenvalue weighted by Crippen LogP contribution is -2.11. The first-order valence-electron chi connectivity index (χ1n) is 7.82. The molecule has 0 heterocycles. The molecule has 11 nitrogen and oxygen atoms in total. The zero-order valence-corrected chi connectivity index (χ0v) is 17.9. The summed E-state index contributed by atoms with van der Waals surface area (Å²) in [5.41, 5.74) is 5.25. The molecular weight excluding hydrogens is 402 g/mol. The molecule has 0 aromatic carbocycles. The van der Waals surface area contributed by atoms with Crippen molar-refractivity contribution in [3.8, 4) is 0 Å². The Labute approximate surface area is 175 Å². The summed E-state index contributed by atoms with van der Waals surface area (Å²) >= 11 is 0. The standard InChI is InChI=1S/4C4H6O2.C3H7NO2/c4*1-3(2)4(5)6;1-2-6-3(4)5/h4*1H2,2H3,(H,5,6);2H2,1H3,(H2,4,5). The second-order valence-corrected chi connectivity index (χ2v) is 5.09. The van der Waals surface area contributed by atoms with Crippen molar-refractivity contribution in [2.45, 2.75) is 34.6 Å². The third kappa shape index (κ3) is 56.4. The molecule has 6 N–H and O–H groups in total. The van der Waals surface area contributed by atoms with Gasteiger partial charge in [-0.25, -0.2) is 24.0 Å². The fraction of sp³-hybridized carbons (Fsp3) is 0.316. The first kappa shape index (κ1) is 36.9. The topological polar surface area (TPSA) is 202 Å². The molecule has 0 aliphatic rings. The molecule has 11 heteroatoms. The van der Waals surface area contributed by atoms with E-state index < -0.39 is 30.0 Å². The minimum atomic E-state index is -0.935. The second-order valence-electron chi connectivity index (χ2n) is 5.09. The van der Waals surface area contributed by atoms with Crippen LogP contribution < -0.4 is 5.73 Å². The van der Waals surface area contributed by atoms with Crippen molar-refractivity contribution in [3.63, 3.8) is 0 Å². The van der Waals surface area contributed by atoms with E-state index >= 15 is 0 Å². The monoisotopic (exact) mass is 433 g/mol. The summed E-state index contributed by atoms with van der Waals surface area (Å²) in [5.74, 6) is -3.74. The van der Waals surface area contributed by atoms with Crippen LogP contribution in [0.4, 0.5) is 4.79 Å². The van der Waals surface area contributed by atoms with Gasteiger partial charge < -0.3 is 30.9 Å². The van der Waals surface area contributed by atoms with E-state index in [2.05, 4.69) is 36.8 Å². The summed E-state index contributed by atoms with van der Waals surface area (Å²) in [6.45, 7) is 20.5. The Balaban J connectivity index is -0.0000000868. The van der Waals surface area contributed by atoms with Gasteiger partial charge in [-0.3, -0.25) is 0 Å². The van der Waals surface area contributed by atoms with Crippen LogP contribution in [0.1, 0.15) is 34.6 Å². The van der Waals surface area contributed by atoms with E-state index in [9.17, 15) is 24.0 Å². The lowest BCUT2D eigenvalue weighted by Gasteiger charge is -1.89. The number of carboxylic acids is 4. The van der Waals surface area contributed by atoms with Crippen molar-refractivity contribution < 1.29 is 49.1 Å². The van der Waals surface area contributed by atoms with Crippen LogP contribution in [0.25, 0.3) is 0 Å². The molecule has 0 spiro atoms. The average molecular weight is 433 g/mol.